The van der Waals surface area contributed by atoms with Crippen LogP contribution in [-0.4, -0.2) is 25.5 Å². The van der Waals surface area contributed by atoms with Gasteiger partial charge in [-0.2, -0.15) is 0 Å². The van der Waals surface area contributed by atoms with Gasteiger partial charge in [0.1, 0.15) is 0 Å². The fourth-order valence-corrected chi connectivity index (χ4v) is 2.29. The van der Waals surface area contributed by atoms with E-state index in [-0.39, 0.29) is 11.9 Å². The highest BCUT2D eigenvalue weighted by Crippen LogP contribution is 2.18. The number of amides is 3. The molecule has 2 N–H and O–H groups in total. The summed E-state index contributed by atoms with van der Waals surface area (Å²) in [6.07, 6.45) is 1.81. The number of aryl methyl sites for hydroxylation is 1. The van der Waals surface area contributed by atoms with Gasteiger partial charge in [0.25, 0.3) is 0 Å². The van der Waals surface area contributed by atoms with Crippen molar-refractivity contribution in [3.8, 4) is 0 Å². The highest BCUT2D eigenvalue weighted by molar-refractivity contribution is 5.93. The first-order valence-corrected chi connectivity index (χ1v) is 7.99. The highest BCUT2D eigenvalue weighted by atomic mass is 16.2. The number of rotatable bonds is 6. The van der Waals surface area contributed by atoms with E-state index < -0.39 is 0 Å². The van der Waals surface area contributed by atoms with Gasteiger partial charge in [-0.05, 0) is 36.6 Å². The number of hydrogen-bond donors (Lipinski definition) is 2. The maximum absolute atomic E-state index is 11.9. The monoisotopic (exact) mass is 325 g/mol. The Morgan fingerprint density at radius 2 is 1.79 bits per heavy atom. The van der Waals surface area contributed by atoms with Crippen molar-refractivity contribution in [1.29, 1.82) is 0 Å². The number of carbonyl (C=O) groups is 2. The highest BCUT2D eigenvalue weighted by Gasteiger charge is 2.07. The van der Waals surface area contributed by atoms with Crippen molar-refractivity contribution in [3.05, 3.63) is 60.2 Å². The smallest absolute Gasteiger partial charge is 0.319 e. The molecule has 5 nitrogen and oxygen atoms in total. The normalized spacial score (nSPS) is 10.1. The fraction of sp³-hybridized carbons (Fsp3) is 0.263. The van der Waals surface area contributed by atoms with Gasteiger partial charge in [-0.1, -0.05) is 36.4 Å². The molecule has 24 heavy (non-hydrogen) atoms. The van der Waals surface area contributed by atoms with Gasteiger partial charge in [-0.15, -0.1) is 0 Å². The average Bonchev–Trinajstić information content (AvgIpc) is 2.59. The summed E-state index contributed by atoms with van der Waals surface area (Å²) < 4.78 is 0. The first kappa shape index (κ1) is 17.5. The Kier molecular flexibility index (Phi) is 6.37. The summed E-state index contributed by atoms with van der Waals surface area (Å²) in [4.78, 5) is 24.9. The molecule has 0 radical (unpaired) electrons. The van der Waals surface area contributed by atoms with E-state index in [1.54, 1.807) is 25.2 Å². The van der Waals surface area contributed by atoms with Gasteiger partial charge >= 0.3 is 6.03 Å². The molecule has 0 fully saturated rings. The van der Waals surface area contributed by atoms with E-state index in [4.69, 9.17) is 0 Å². The minimum atomic E-state index is -0.245. The molecule has 5 heteroatoms. The molecule has 0 saturated carbocycles. The van der Waals surface area contributed by atoms with Crippen molar-refractivity contribution in [2.75, 3.05) is 23.8 Å². The fourth-order valence-electron chi connectivity index (χ4n) is 2.29. The zero-order valence-electron chi connectivity index (χ0n) is 14.1. The van der Waals surface area contributed by atoms with E-state index >= 15 is 0 Å². The van der Waals surface area contributed by atoms with Gasteiger partial charge in [0.2, 0.25) is 5.91 Å². The predicted octanol–water partition coefficient (Wildman–Crippen LogP) is 3.42. The molecule has 0 aliphatic carbocycles. The van der Waals surface area contributed by atoms with Crippen LogP contribution in [0.2, 0.25) is 0 Å². The van der Waals surface area contributed by atoms with Crippen LogP contribution in [0.1, 0.15) is 18.9 Å². The Balaban J connectivity index is 1.78. The van der Waals surface area contributed by atoms with E-state index in [1.807, 2.05) is 24.3 Å². The van der Waals surface area contributed by atoms with Gasteiger partial charge in [0.15, 0.2) is 0 Å². The van der Waals surface area contributed by atoms with Crippen LogP contribution in [0.4, 0.5) is 16.2 Å². The van der Waals surface area contributed by atoms with Gasteiger partial charge in [0.05, 0.1) is 0 Å². The molecule has 2 rings (SSSR count). The molecule has 2 aromatic carbocycles. The third-order valence-electron chi connectivity index (χ3n) is 3.73. The summed E-state index contributed by atoms with van der Waals surface area (Å²) in [5, 5.41) is 5.63. The van der Waals surface area contributed by atoms with Crippen molar-refractivity contribution < 1.29 is 9.59 Å². The van der Waals surface area contributed by atoms with Crippen molar-refractivity contribution in [2.45, 2.75) is 19.8 Å². The van der Waals surface area contributed by atoms with E-state index in [9.17, 15) is 9.59 Å². The molecule has 0 aliphatic heterocycles. The summed E-state index contributed by atoms with van der Waals surface area (Å²) in [6, 6.07) is 17.1. The topological polar surface area (TPSA) is 61.4 Å². The van der Waals surface area contributed by atoms with Crippen LogP contribution in [0.3, 0.4) is 0 Å². The van der Waals surface area contributed by atoms with Gasteiger partial charge < -0.3 is 15.5 Å². The number of nitrogens with one attached hydrogen (secondary N) is 2. The molecular formula is C19H23N3O2. The molecule has 0 heterocycles. The Morgan fingerprint density at radius 3 is 2.50 bits per heavy atom. The number of nitrogens with zero attached hydrogens (tertiary/aromatic N) is 1. The maximum atomic E-state index is 11.9. The van der Waals surface area contributed by atoms with Crippen LogP contribution in [0.25, 0.3) is 0 Å². The maximum Gasteiger partial charge on any atom is 0.319 e. The Morgan fingerprint density at radius 1 is 1.04 bits per heavy atom. The lowest BCUT2D eigenvalue weighted by Crippen LogP contribution is -2.30. The lowest BCUT2D eigenvalue weighted by atomic mass is 10.1. The largest absolute Gasteiger partial charge is 0.338 e. The molecule has 3 amide bonds. The van der Waals surface area contributed by atoms with Gasteiger partial charge in [0, 0.05) is 31.9 Å². The summed E-state index contributed by atoms with van der Waals surface area (Å²) in [5.41, 5.74) is 2.66. The molecule has 0 saturated heterocycles. The Labute approximate surface area is 142 Å². The van der Waals surface area contributed by atoms with Crippen molar-refractivity contribution in [1.82, 2.24) is 5.32 Å². The molecular weight excluding hydrogens is 302 g/mol. The molecule has 126 valence electrons. The third kappa shape index (κ3) is 5.43. The Bertz CT molecular complexity index is 686. The number of benzene rings is 2. The number of carbonyl (C=O) groups excluding carboxylic acids is 2. The second kappa shape index (κ2) is 8.72. The van der Waals surface area contributed by atoms with Crippen molar-refractivity contribution in [2.24, 2.45) is 0 Å². The molecule has 0 atom stereocenters. The molecule has 0 aliphatic rings. The SMILES string of the molecule is CC(=O)N(C)c1cccc(NC(=O)NCCCc2ccccc2)c1. The van der Waals surface area contributed by atoms with Crippen molar-refractivity contribution in [3.63, 3.8) is 0 Å². The lowest BCUT2D eigenvalue weighted by Gasteiger charge is -2.16. The molecule has 0 unspecified atom stereocenters. The van der Waals surface area contributed by atoms with E-state index in [0.29, 0.717) is 12.2 Å². The second-order valence-electron chi connectivity index (χ2n) is 5.60. The number of anilines is 2. The molecule has 2 aromatic rings. The number of hydrogen-bond acceptors (Lipinski definition) is 2. The molecule has 0 aromatic heterocycles. The van der Waals surface area contributed by atoms with Crippen LogP contribution in [-0.2, 0) is 11.2 Å². The summed E-state index contributed by atoms with van der Waals surface area (Å²) in [6.45, 7) is 2.10. The predicted molar refractivity (Wildman–Crippen MR) is 97.3 cm³/mol. The molecule has 0 bridgehead atoms. The van der Waals surface area contributed by atoms with Crippen LogP contribution >= 0.6 is 0 Å². The molecule has 0 spiro atoms. The summed E-state index contributed by atoms with van der Waals surface area (Å²) in [5.74, 6) is -0.0579. The van der Waals surface area contributed by atoms with E-state index in [1.165, 1.54) is 17.4 Å². The summed E-state index contributed by atoms with van der Waals surface area (Å²) >= 11 is 0. The first-order chi connectivity index (χ1) is 11.6. The number of urea groups is 1. The lowest BCUT2D eigenvalue weighted by molar-refractivity contribution is -0.116. The zero-order chi connectivity index (χ0) is 17.4. The minimum Gasteiger partial charge on any atom is -0.338 e. The average molecular weight is 325 g/mol. The zero-order valence-corrected chi connectivity index (χ0v) is 14.1. The minimum absolute atomic E-state index is 0.0579. The second-order valence-corrected chi connectivity index (χ2v) is 5.60. The summed E-state index contributed by atoms with van der Waals surface area (Å²) in [7, 11) is 1.70. The quantitative estimate of drug-likeness (QED) is 0.799. The van der Waals surface area contributed by atoms with E-state index in [0.717, 1.165) is 18.5 Å². The Hall–Kier alpha value is -2.82. The van der Waals surface area contributed by atoms with Crippen LogP contribution in [0, 0.1) is 0 Å². The van der Waals surface area contributed by atoms with Crippen LogP contribution in [0.5, 0.6) is 0 Å². The third-order valence-corrected chi connectivity index (χ3v) is 3.73. The van der Waals surface area contributed by atoms with E-state index in [2.05, 4.69) is 22.8 Å². The van der Waals surface area contributed by atoms with Crippen LogP contribution < -0.4 is 15.5 Å². The van der Waals surface area contributed by atoms with Crippen molar-refractivity contribution >= 4 is 23.3 Å². The standard InChI is InChI=1S/C19H23N3O2/c1-15(23)22(2)18-12-6-11-17(14-18)21-19(24)20-13-7-10-16-8-4-3-5-9-16/h3-6,8-9,11-12,14H,7,10,13H2,1-2H3,(H2,20,21,24). The first-order valence-electron chi connectivity index (χ1n) is 7.99. The van der Waals surface area contributed by atoms with Gasteiger partial charge in [-0.25, -0.2) is 4.79 Å². The van der Waals surface area contributed by atoms with Gasteiger partial charge in [-0.3, -0.25) is 4.79 Å². The van der Waals surface area contributed by atoms with Crippen LogP contribution in [0.15, 0.2) is 54.6 Å².